The van der Waals surface area contributed by atoms with E-state index in [4.69, 9.17) is 9.72 Å². The van der Waals surface area contributed by atoms with E-state index in [1.807, 2.05) is 0 Å². The molecule has 0 unspecified atom stereocenters. The van der Waals surface area contributed by atoms with Gasteiger partial charge in [0.1, 0.15) is 5.82 Å². The maximum atomic E-state index is 11.8. The van der Waals surface area contributed by atoms with Gasteiger partial charge in [-0.1, -0.05) is 12.8 Å². The quantitative estimate of drug-likeness (QED) is 0.883. The summed E-state index contributed by atoms with van der Waals surface area (Å²) in [5, 5.41) is 7.53. The molecule has 0 aromatic carbocycles. The second-order valence-corrected chi connectivity index (χ2v) is 7.63. The highest BCUT2D eigenvalue weighted by atomic mass is 32.1. The minimum Gasteiger partial charge on any atom is -0.376 e. The number of piperidine rings is 1. The monoisotopic (exact) mass is 336 g/mol. The van der Waals surface area contributed by atoms with Crippen molar-refractivity contribution in [1.82, 2.24) is 14.7 Å². The second kappa shape index (κ2) is 6.73. The van der Waals surface area contributed by atoms with Gasteiger partial charge in [0.25, 0.3) is 0 Å². The van der Waals surface area contributed by atoms with Crippen LogP contribution in [0.5, 0.6) is 0 Å². The van der Waals surface area contributed by atoms with Crippen molar-refractivity contribution in [2.45, 2.75) is 75.5 Å². The Kier molecular flexibility index (Phi) is 4.48. The Morgan fingerprint density at radius 2 is 2.04 bits per heavy atom. The Morgan fingerprint density at radius 1 is 1.17 bits per heavy atom. The maximum Gasteiger partial charge on any atom is 0.220 e. The van der Waals surface area contributed by atoms with Gasteiger partial charge >= 0.3 is 0 Å². The first-order valence-electron chi connectivity index (χ1n) is 8.81. The maximum absolute atomic E-state index is 11.8. The average molecular weight is 336 g/mol. The summed E-state index contributed by atoms with van der Waals surface area (Å²) in [4.78, 5) is 16.5. The molecule has 2 aliphatic heterocycles. The van der Waals surface area contributed by atoms with Crippen LogP contribution < -0.4 is 10.6 Å². The fourth-order valence-corrected chi connectivity index (χ4v) is 4.73. The lowest BCUT2D eigenvalue weighted by atomic mass is 9.92. The molecule has 3 aliphatic rings. The van der Waals surface area contributed by atoms with Gasteiger partial charge in [0.15, 0.2) is 0 Å². The summed E-state index contributed by atoms with van der Waals surface area (Å²) < 4.78 is 10.4. The molecule has 1 aromatic rings. The summed E-state index contributed by atoms with van der Waals surface area (Å²) in [7, 11) is 0. The van der Waals surface area contributed by atoms with Crippen LogP contribution in [0.2, 0.25) is 0 Å². The summed E-state index contributed by atoms with van der Waals surface area (Å²) in [5.74, 6) is 1.68. The van der Waals surface area contributed by atoms with Crippen LogP contribution >= 0.6 is 11.5 Å². The lowest BCUT2D eigenvalue weighted by molar-refractivity contribution is -0.124. The van der Waals surface area contributed by atoms with E-state index in [1.54, 1.807) is 0 Å². The van der Waals surface area contributed by atoms with Crippen molar-refractivity contribution in [3.8, 4) is 0 Å². The first-order chi connectivity index (χ1) is 11.3. The molecule has 1 aliphatic carbocycles. The molecule has 3 atom stereocenters. The van der Waals surface area contributed by atoms with E-state index in [2.05, 4.69) is 15.0 Å². The number of nitrogens with zero attached hydrogens (tertiary/aromatic N) is 2. The molecule has 0 bridgehead atoms. The highest BCUT2D eigenvalue weighted by Gasteiger charge is 2.37. The number of hydrogen-bond acceptors (Lipinski definition) is 6. The van der Waals surface area contributed by atoms with Gasteiger partial charge in [0.2, 0.25) is 11.0 Å². The third kappa shape index (κ3) is 3.35. The van der Waals surface area contributed by atoms with E-state index in [-0.39, 0.29) is 24.1 Å². The standard InChI is InChI=1S/C16H24N4O2S/c21-13-8-7-11(14(18-13)12-6-3-9-22-12)17-16-19-15(20-23-16)10-4-1-2-5-10/h10-12,14H,1-9H2,(H,18,21)(H,17,19,20)/t11-,12+,14-/m0/s1. The number of nitrogens with one attached hydrogen (secondary N) is 2. The van der Waals surface area contributed by atoms with Crippen molar-refractivity contribution in [3.63, 3.8) is 0 Å². The average Bonchev–Trinajstić information content (AvgIpc) is 3.31. The number of ether oxygens (including phenoxy) is 1. The van der Waals surface area contributed by atoms with E-state index in [0.717, 1.165) is 36.8 Å². The van der Waals surface area contributed by atoms with Gasteiger partial charge in [0.05, 0.1) is 18.2 Å². The van der Waals surface area contributed by atoms with Crippen LogP contribution in [0.15, 0.2) is 0 Å². The largest absolute Gasteiger partial charge is 0.376 e. The van der Waals surface area contributed by atoms with Crippen LogP contribution in [-0.4, -0.2) is 40.1 Å². The number of rotatable bonds is 4. The summed E-state index contributed by atoms with van der Waals surface area (Å²) >= 11 is 1.45. The minimum absolute atomic E-state index is 0.0394. The van der Waals surface area contributed by atoms with Gasteiger partial charge in [-0.3, -0.25) is 4.79 Å². The van der Waals surface area contributed by atoms with E-state index in [1.165, 1.54) is 37.2 Å². The number of amides is 1. The molecule has 2 N–H and O–H groups in total. The van der Waals surface area contributed by atoms with Gasteiger partial charge in [-0.25, -0.2) is 4.98 Å². The fraction of sp³-hybridized carbons (Fsp3) is 0.812. The Bertz CT molecular complexity index is 552. The topological polar surface area (TPSA) is 76.1 Å². The van der Waals surface area contributed by atoms with Gasteiger partial charge in [-0.2, -0.15) is 4.37 Å². The number of hydrogen-bond donors (Lipinski definition) is 2. The van der Waals surface area contributed by atoms with Gasteiger partial charge < -0.3 is 15.4 Å². The summed E-state index contributed by atoms with van der Waals surface area (Å²) in [6, 6.07) is 0.220. The van der Waals surface area contributed by atoms with Crippen molar-refractivity contribution in [2.75, 3.05) is 11.9 Å². The zero-order valence-electron chi connectivity index (χ0n) is 13.3. The Balaban J connectivity index is 1.44. The minimum atomic E-state index is 0.0394. The van der Waals surface area contributed by atoms with Crippen LogP contribution in [-0.2, 0) is 9.53 Å². The molecule has 3 heterocycles. The van der Waals surface area contributed by atoms with E-state index in [0.29, 0.717) is 12.3 Å². The Hall–Kier alpha value is -1.21. The normalized spacial score (nSPS) is 32.2. The van der Waals surface area contributed by atoms with Crippen molar-refractivity contribution < 1.29 is 9.53 Å². The van der Waals surface area contributed by atoms with Crippen molar-refractivity contribution in [3.05, 3.63) is 5.82 Å². The van der Waals surface area contributed by atoms with Gasteiger partial charge in [-0.05, 0) is 32.1 Å². The zero-order valence-corrected chi connectivity index (χ0v) is 14.1. The highest BCUT2D eigenvalue weighted by molar-refractivity contribution is 7.09. The molecule has 4 rings (SSSR count). The molecule has 2 saturated heterocycles. The third-order valence-electron chi connectivity index (χ3n) is 5.28. The molecule has 0 spiro atoms. The first-order valence-corrected chi connectivity index (χ1v) is 9.58. The molecule has 3 fully saturated rings. The van der Waals surface area contributed by atoms with Crippen LogP contribution in [0.4, 0.5) is 5.13 Å². The van der Waals surface area contributed by atoms with Crippen LogP contribution in [0, 0.1) is 0 Å². The molecule has 6 nitrogen and oxygen atoms in total. The molecular weight excluding hydrogens is 312 g/mol. The Labute approximate surface area is 140 Å². The molecule has 1 aromatic heterocycles. The van der Waals surface area contributed by atoms with E-state index >= 15 is 0 Å². The van der Waals surface area contributed by atoms with Crippen LogP contribution in [0.1, 0.15) is 63.1 Å². The SMILES string of the molecule is O=C1CC[C@H](Nc2nc(C3CCCC3)ns2)[C@@H]([C@H]2CCCO2)N1. The number of anilines is 1. The smallest absolute Gasteiger partial charge is 0.220 e. The highest BCUT2D eigenvalue weighted by Crippen LogP contribution is 2.34. The summed E-state index contributed by atoms with van der Waals surface area (Å²) in [5.41, 5.74) is 0. The van der Waals surface area contributed by atoms with E-state index < -0.39 is 0 Å². The number of carbonyl (C=O) groups is 1. The van der Waals surface area contributed by atoms with E-state index in [9.17, 15) is 4.79 Å². The van der Waals surface area contributed by atoms with Crippen molar-refractivity contribution >= 4 is 22.6 Å². The lowest BCUT2D eigenvalue weighted by Crippen LogP contribution is -2.56. The first kappa shape index (κ1) is 15.3. The molecule has 126 valence electrons. The molecule has 0 radical (unpaired) electrons. The molecule has 7 heteroatoms. The predicted octanol–water partition coefficient (Wildman–Crippen LogP) is 2.43. The number of aromatic nitrogens is 2. The number of carbonyl (C=O) groups excluding carboxylic acids is 1. The molecule has 1 amide bonds. The third-order valence-corrected chi connectivity index (χ3v) is 5.94. The Morgan fingerprint density at radius 3 is 2.83 bits per heavy atom. The van der Waals surface area contributed by atoms with Crippen LogP contribution in [0.25, 0.3) is 0 Å². The summed E-state index contributed by atoms with van der Waals surface area (Å²) in [6.07, 6.45) is 8.64. The van der Waals surface area contributed by atoms with Crippen LogP contribution in [0.3, 0.4) is 0 Å². The van der Waals surface area contributed by atoms with Crippen molar-refractivity contribution in [2.24, 2.45) is 0 Å². The zero-order chi connectivity index (χ0) is 15.6. The fourth-order valence-electron chi connectivity index (χ4n) is 4.03. The predicted molar refractivity (Wildman–Crippen MR) is 88.7 cm³/mol. The van der Waals surface area contributed by atoms with Gasteiger partial charge in [0, 0.05) is 30.5 Å². The second-order valence-electron chi connectivity index (χ2n) is 6.87. The molecule has 1 saturated carbocycles. The summed E-state index contributed by atoms with van der Waals surface area (Å²) in [6.45, 7) is 0.800. The van der Waals surface area contributed by atoms with Crippen molar-refractivity contribution in [1.29, 1.82) is 0 Å². The molecule has 23 heavy (non-hydrogen) atoms. The molecular formula is C16H24N4O2S. The lowest BCUT2D eigenvalue weighted by Gasteiger charge is -2.35. The van der Waals surface area contributed by atoms with Gasteiger partial charge in [-0.15, -0.1) is 0 Å².